The molecular weight excluding hydrogens is 378 g/mol. The molecule has 0 radical (unpaired) electrons. The Labute approximate surface area is 145 Å². The van der Waals surface area contributed by atoms with Crippen LogP contribution in [0.15, 0.2) is 64.0 Å². The van der Waals surface area contributed by atoms with Crippen molar-refractivity contribution in [2.45, 2.75) is 24.0 Å². The van der Waals surface area contributed by atoms with E-state index in [1.54, 1.807) is 24.3 Å². The number of sulfonamides is 1. The third kappa shape index (κ3) is 3.66. The molecular formula is C17H18BrNO3S. The fourth-order valence-electron chi connectivity index (χ4n) is 2.72. The molecule has 1 aliphatic heterocycles. The zero-order chi connectivity index (χ0) is 16.4. The van der Waals surface area contributed by atoms with Gasteiger partial charge < -0.3 is 4.74 Å². The molecule has 0 aromatic heterocycles. The highest BCUT2D eigenvalue weighted by molar-refractivity contribution is 9.10. The Morgan fingerprint density at radius 1 is 1.04 bits per heavy atom. The molecule has 0 N–H and O–H groups in total. The standard InChI is InChI=1S/C17H18BrNO3S/c1-13-11-19(12-17(22-13)14-5-3-2-4-6-14)23(20,21)16-9-7-15(18)8-10-16/h2-10,13,17H,11-12H2,1H3. The van der Waals surface area contributed by atoms with Crippen molar-refractivity contribution in [3.8, 4) is 0 Å². The number of halogens is 1. The molecule has 4 nitrogen and oxygen atoms in total. The van der Waals surface area contributed by atoms with Crippen LogP contribution in [0.3, 0.4) is 0 Å². The molecule has 6 heteroatoms. The average molecular weight is 396 g/mol. The van der Waals surface area contributed by atoms with Gasteiger partial charge in [0.15, 0.2) is 0 Å². The van der Waals surface area contributed by atoms with Gasteiger partial charge in [0.25, 0.3) is 0 Å². The maximum Gasteiger partial charge on any atom is 0.243 e. The van der Waals surface area contributed by atoms with E-state index in [9.17, 15) is 8.42 Å². The second kappa shape index (κ2) is 6.73. The molecule has 3 rings (SSSR count). The predicted molar refractivity (Wildman–Crippen MR) is 92.6 cm³/mol. The minimum Gasteiger partial charge on any atom is -0.368 e. The van der Waals surface area contributed by atoms with Crippen LogP contribution < -0.4 is 0 Å². The van der Waals surface area contributed by atoms with Gasteiger partial charge in [-0.25, -0.2) is 8.42 Å². The van der Waals surface area contributed by atoms with Gasteiger partial charge in [0.2, 0.25) is 10.0 Å². The van der Waals surface area contributed by atoms with Gasteiger partial charge in [0.1, 0.15) is 0 Å². The first-order chi connectivity index (χ1) is 11.0. The van der Waals surface area contributed by atoms with Crippen LogP contribution in [0.2, 0.25) is 0 Å². The van der Waals surface area contributed by atoms with Crippen LogP contribution in [0.25, 0.3) is 0 Å². The number of ether oxygens (including phenoxy) is 1. The number of rotatable bonds is 3. The fraction of sp³-hybridized carbons (Fsp3) is 0.294. The molecule has 1 heterocycles. The van der Waals surface area contributed by atoms with E-state index in [4.69, 9.17) is 4.74 Å². The summed E-state index contributed by atoms with van der Waals surface area (Å²) in [6.07, 6.45) is -0.399. The van der Waals surface area contributed by atoms with Gasteiger partial charge in [-0.2, -0.15) is 4.31 Å². The van der Waals surface area contributed by atoms with Crippen LogP contribution in [0, 0.1) is 0 Å². The van der Waals surface area contributed by atoms with Gasteiger partial charge in [0.05, 0.1) is 17.1 Å². The zero-order valence-electron chi connectivity index (χ0n) is 12.7. The largest absolute Gasteiger partial charge is 0.368 e. The lowest BCUT2D eigenvalue weighted by atomic mass is 10.1. The molecule has 0 amide bonds. The molecule has 2 unspecified atom stereocenters. The minimum absolute atomic E-state index is 0.154. The van der Waals surface area contributed by atoms with Crippen molar-refractivity contribution < 1.29 is 13.2 Å². The quantitative estimate of drug-likeness (QED) is 0.797. The highest BCUT2D eigenvalue weighted by Crippen LogP contribution is 2.29. The second-order valence-corrected chi connectivity index (χ2v) is 8.48. The summed E-state index contributed by atoms with van der Waals surface area (Å²) in [4.78, 5) is 0.307. The molecule has 2 atom stereocenters. The number of hydrogen-bond acceptors (Lipinski definition) is 3. The Hall–Kier alpha value is -1.21. The summed E-state index contributed by atoms with van der Waals surface area (Å²) in [6.45, 7) is 2.59. The summed E-state index contributed by atoms with van der Waals surface area (Å²) in [5.41, 5.74) is 0.995. The minimum atomic E-state index is -3.52. The van der Waals surface area contributed by atoms with E-state index < -0.39 is 10.0 Å². The normalized spacial score (nSPS) is 22.9. The summed E-state index contributed by atoms with van der Waals surface area (Å²) in [5, 5.41) is 0. The van der Waals surface area contributed by atoms with E-state index in [0.717, 1.165) is 10.0 Å². The predicted octanol–water partition coefficient (Wildman–Crippen LogP) is 3.60. The van der Waals surface area contributed by atoms with Crippen molar-refractivity contribution in [3.05, 3.63) is 64.6 Å². The molecule has 0 saturated carbocycles. The molecule has 1 fully saturated rings. The number of benzene rings is 2. The molecule has 1 saturated heterocycles. The van der Waals surface area contributed by atoms with E-state index in [0.29, 0.717) is 18.0 Å². The summed E-state index contributed by atoms with van der Waals surface area (Å²) >= 11 is 3.33. The number of morpholine rings is 1. The summed E-state index contributed by atoms with van der Waals surface area (Å²) in [5.74, 6) is 0. The molecule has 1 aliphatic rings. The van der Waals surface area contributed by atoms with Gasteiger partial charge in [-0.15, -0.1) is 0 Å². The van der Waals surface area contributed by atoms with Crippen LogP contribution in [-0.4, -0.2) is 31.9 Å². The maximum atomic E-state index is 12.9. The van der Waals surface area contributed by atoms with E-state index in [1.807, 2.05) is 37.3 Å². The Morgan fingerprint density at radius 2 is 1.70 bits per heavy atom. The van der Waals surface area contributed by atoms with Gasteiger partial charge in [-0.05, 0) is 36.8 Å². The first-order valence-electron chi connectivity index (χ1n) is 7.43. The lowest BCUT2D eigenvalue weighted by Gasteiger charge is -2.36. The SMILES string of the molecule is CC1CN(S(=O)(=O)c2ccc(Br)cc2)CC(c2ccccc2)O1. The Balaban J connectivity index is 1.88. The summed E-state index contributed by atoms with van der Waals surface area (Å²) in [6, 6.07) is 16.5. The Kier molecular flexibility index (Phi) is 4.87. The van der Waals surface area contributed by atoms with Crippen LogP contribution in [0.5, 0.6) is 0 Å². The molecule has 2 aromatic rings. The highest BCUT2D eigenvalue weighted by atomic mass is 79.9. The van der Waals surface area contributed by atoms with Gasteiger partial charge >= 0.3 is 0 Å². The van der Waals surface area contributed by atoms with Gasteiger partial charge in [-0.1, -0.05) is 46.3 Å². The van der Waals surface area contributed by atoms with Crippen LogP contribution >= 0.6 is 15.9 Å². The van der Waals surface area contributed by atoms with E-state index in [1.165, 1.54) is 4.31 Å². The monoisotopic (exact) mass is 395 g/mol. The van der Waals surface area contributed by atoms with Gasteiger partial charge in [0, 0.05) is 17.6 Å². The zero-order valence-corrected chi connectivity index (χ0v) is 15.1. The molecule has 2 aromatic carbocycles. The maximum absolute atomic E-state index is 12.9. The molecule has 0 spiro atoms. The first-order valence-corrected chi connectivity index (χ1v) is 9.66. The second-order valence-electron chi connectivity index (χ2n) is 5.62. The lowest BCUT2D eigenvalue weighted by Crippen LogP contribution is -2.45. The van der Waals surface area contributed by atoms with Gasteiger partial charge in [-0.3, -0.25) is 0 Å². The van der Waals surface area contributed by atoms with E-state index >= 15 is 0 Å². The number of nitrogens with zero attached hydrogens (tertiary/aromatic N) is 1. The lowest BCUT2D eigenvalue weighted by molar-refractivity contribution is -0.0557. The summed E-state index contributed by atoms with van der Waals surface area (Å²) < 4.78 is 34.1. The third-order valence-corrected chi connectivity index (χ3v) is 6.22. The van der Waals surface area contributed by atoms with Crippen molar-refractivity contribution in [1.29, 1.82) is 0 Å². The van der Waals surface area contributed by atoms with Crippen LogP contribution in [0.1, 0.15) is 18.6 Å². The summed E-state index contributed by atoms with van der Waals surface area (Å²) in [7, 11) is -3.52. The number of hydrogen-bond donors (Lipinski definition) is 0. The fourth-order valence-corrected chi connectivity index (χ4v) is 4.50. The highest BCUT2D eigenvalue weighted by Gasteiger charge is 2.34. The van der Waals surface area contributed by atoms with E-state index in [-0.39, 0.29) is 12.2 Å². The molecule has 0 bridgehead atoms. The third-order valence-electron chi connectivity index (χ3n) is 3.85. The van der Waals surface area contributed by atoms with Crippen molar-refractivity contribution in [3.63, 3.8) is 0 Å². The Bertz CT molecular complexity index is 762. The molecule has 122 valence electrons. The van der Waals surface area contributed by atoms with Crippen molar-refractivity contribution in [2.75, 3.05) is 13.1 Å². The van der Waals surface area contributed by atoms with Crippen molar-refractivity contribution in [2.24, 2.45) is 0 Å². The van der Waals surface area contributed by atoms with Crippen LogP contribution in [0.4, 0.5) is 0 Å². The van der Waals surface area contributed by atoms with Crippen molar-refractivity contribution in [1.82, 2.24) is 4.31 Å². The average Bonchev–Trinajstić information content (AvgIpc) is 2.55. The first kappa shape index (κ1) is 16.6. The molecule has 0 aliphatic carbocycles. The Morgan fingerprint density at radius 3 is 2.35 bits per heavy atom. The van der Waals surface area contributed by atoms with Crippen molar-refractivity contribution >= 4 is 26.0 Å². The molecule has 23 heavy (non-hydrogen) atoms. The topological polar surface area (TPSA) is 46.6 Å². The van der Waals surface area contributed by atoms with Crippen LogP contribution in [-0.2, 0) is 14.8 Å². The van der Waals surface area contributed by atoms with E-state index in [2.05, 4.69) is 15.9 Å². The smallest absolute Gasteiger partial charge is 0.243 e.